The summed E-state index contributed by atoms with van der Waals surface area (Å²) >= 11 is 10.5. The average Bonchev–Trinajstić information content (AvgIpc) is 1.87. The molecule has 1 nitrogen and oxygen atoms in total. The first-order chi connectivity index (χ1) is 4.72. The molecule has 10 heavy (non-hydrogen) atoms. The summed E-state index contributed by atoms with van der Waals surface area (Å²) in [5.41, 5.74) is 0. The number of rotatable bonds is 4. The van der Waals surface area contributed by atoms with E-state index in [2.05, 4.69) is 13.8 Å². The molecule has 3 heteroatoms. The van der Waals surface area contributed by atoms with Gasteiger partial charge < -0.3 is 4.90 Å². The van der Waals surface area contributed by atoms with E-state index >= 15 is 0 Å². The van der Waals surface area contributed by atoms with E-state index < -0.39 is 0 Å². The number of hydrogen-bond donors (Lipinski definition) is 0. The molecule has 0 unspecified atom stereocenters. The second-order valence-electron chi connectivity index (χ2n) is 2.24. The second kappa shape index (κ2) is 5.93. The van der Waals surface area contributed by atoms with E-state index in [-0.39, 0.29) is 0 Å². The predicted octanol–water partition coefficient (Wildman–Crippen LogP) is 2.63. The third kappa shape index (κ3) is 4.07. The molecule has 0 bridgehead atoms. The average molecular weight is 180 g/mol. The van der Waals surface area contributed by atoms with Gasteiger partial charge in [-0.1, -0.05) is 25.4 Å². The van der Waals surface area contributed by atoms with Crippen molar-refractivity contribution >= 4 is 28.3 Å². The second-order valence-corrected chi connectivity index (χ2v) is 3.21. The summed E-state index contributed by atoms with van der Waals surface area (Å²) in [6, 6.07) is 0. The summed E-state index contributed by atoms with van der Waals surface area (Å²) in [4.78, 5) is 2.02. The third-order valence-electron chi connectivity index (χ3n) is 1.24. The van der Waals surface area contributed by atoms with Gasteiger partial charge in [-0.2, -0.15) is 0 Å². The van der Waals surface area contributed by atoms with Crippen LogP contribution in [0, 0.1) is 0 Å². The number of hydrogen-bond acceptors (Lipinski definition) is 1. The Bertz CT molecular complexity index is 99.8. The highest BCUT2D eigenvalue weighted by Gasteiger charge is 2.02. The first kappa shape index (κ1) is 10.2. The maximum absolute atomic E-state index is 5.66. The minimum atomic E-state index is 0.503. The number of nitrogens with zero attached hydrogens (tertiary/aromatic N) is 1. The zero-order chi connectivity index (χ0) is 7.98. The standard InChI is InChI=1S/C7H14ClNS/c1-3-5-9(6-4-2)7(8)10/h3-6H2,1-2H3. The molecule has 0 aromatic carbocycles. The Morgan fingerprint density at radius 3 is 1.90 bits per heavy atom. The third-order valence-corrected chi connectivity index (χ3v) is 1.73. The van der Waals surface area contributed by atoms with E-state index in [4.69, 9.17) is 23.8 Å². The van der Waals surface area contributed by atoms with E-state index in [1.54, 1.807) is 0 Å². The van der Waals surface area contributed by atoms with E-state index in [0.717, 1.165) is 25.9 Å². The van der Waals surface area contributed by atoms with Crippen LogP contribution in [0.4, 0.5) is 0 Å². The first-order valence-corrected chi connectivity index (χ1v) is 4.45. The van der Waals surface area contributed by atoms with Crippen molar-refractivity contribution in [2.45, 2.75) is 26.7 Å². The lowest BCUT2D eigenvalue weighted by molar-refractivity contribution is 0.430. The van der Waals surface area contributed by atoms with Crippen molar-refractivity contribution in [3.05, 3.63) is 0 Å². The molecule has 0 spiro atoms. The molecule has 0 saturated heterocycles. The Morgan fingerprint density at radius 1 is 1.30 bits per heavy atom. The summed E-state index contributed by atoms with van der Waals surface area (Å²) in [6.07, 6.45) is 2.21. The van der Waals surface area contributed by atoms with Crippen LogP contribution in [-0.2, 0) is 0 Å². The molecule has 0 fully saturated rings. The van der Waals surface area contributed by atoms with E-state index in [1.165, 1.54) is 0 Å². The van der Waals surface area contributed by atoms with Gasteiger partial charge in [-0.3, -0.25) is 0 Å². The largest absolute Gasteiger partial charge is 0.353 e. The van der Waals surface area contributed by atoms with Crippen molar-refractivity contribution in [2.75, 3.05) is 13.1 Å². The Labute approximate surface area is 73.4 Å². The Morgan fingerprint density at radius 2 is 1.70 bits per heavy atom. The fourth-order valence-corrected chi connectivity index (χ4v) is 1.18. The molecule has 0 rings (SSSR count). The van der Waals surface area contributed by atoms with Crippen molar-refractivity contribution in [3.63, 3.8) is 0 Å². The molecule has 0 aliphatic carbocycles. The summed E-state index contributed by atoms with van der Waals surface area (Å²) in [6.45, 7) is 6.21. The Kier molecular flexibility index (Phi) is 6.03. The smallest absolute Gasteiger partial charge is 0.169 e. The van der Waals surface area contributed by atoms with Crippen LogP contribution >= 0.6 is 23.8 Å². The molecule has 60 valence electrons. The first-order valence-electron chi connectivity index (χ1n) is 3.66. The molecule has 0 aliphatic rings. The normalized spacial score (nSPS) is 9.50. The fourth-order valence-electron chi connectivity index (χ4n) is 0.827. The summed E-state index contributed by atoms with van der Waals surface area (Å²) in [5.74, 6) is 0. The summed E-state index contributed by atoms with van der Waals surface area (Å²) in [5, 5.41) is 0. The van der Waals surface area contributed by atoms with Crippen LogP contribution in [0.3, 0.4) is 0 Å². The molecule has 0 amide bonds. The maximum Gasteiger partial charge on any atom is 0.169 e. The molecule has 0 aromatic heterocycles. The summed E-state index contributed by atoms with van der Waals surface area (Å²) < 4.78 is 0.503. The lowest BCUT2D eigenvalue weighted by Gasteiger charge is -2.19. The van der Waals surface area contributed by atoms with Gasteiger partial charge in [0.15, 0.2) is 4.45 Å². The van der Waals surface area contributed by atoms with Gasteiger partial charge in [-0.05, 0) is 25.1 Å². The lowest BCUT2D eigenvalue weighted by Crippen LogP contribution is -2.27. The molecule has 0 radical (unpaired) electrons. The van der Waals surface area contributed by atoms with Gasteiger partial charge in [0.1, 0.15) is 0 Å². The molecular weight excluding hydrogens is 166 g/mol. The van der Waals surface area contributed by atoms with Crippen LogP contribution in [0.2, 0.25) is 0 Å². The molecular formula is C7H14ClNS. The molecule has 0 atom stereocenters. The van der Waals surface area contributed by atoms with Crippen LogP contribution in [0.5, 0.6) is 0 Å². The van der Waals surface area contributed by atoms with Gasteiger partial charge in [-0.15, -0.1) is 0 Å². The van der Waals surface area contributed by atoms with Gasteiger partial charge in [-0.25, -0.2) is 0 Å². The fraction of sp³-hybridized carbons (Fsp3) is 0.857. The maximum atomic E-state index is 5.66. The molecule has 0 N–H and O–H groups in total. The number of halogens is 1. The highest BCUT2D eigenvalue weighted by Crippen LogP contribution is 1.99. The van der Waals surface area contributed by atoms with Crippen molar-refractivity contribution in [3.8, 4) is 0 Å². The Hall–Kier alpha value is 0.180. The molecule has 0 saturated carbocycles. The van der Waals surface area contributed by atoms with Crippen molar-refractivity contribution in [1.29, 1.82) is 0 Å². The summed E-state index contributed by atoms with van der Waals surface area (Å²) in [7, 11) is 0. The molecule has 0 aromatic rings. The van der Waals surface area contributed by atoms with Crippen LogP contribution < -0.4 is 0 Å². The van der Waals surface area contributed by atoms with Crippen LogP contribution in [0.1, 0.15) is 26.7 Å². The van der Waals surface area contributed by atoms with Crippen molar-refractivity contribution < 1.29 is 0 Å². The Balaban J connectivity index is 3.61. The molecule has 0 aliphatic heterocycles. The van der Waals surface area contributed by atoms with Crippen LogP contribution in [0.15, 0.2) is 0 Å². The highest BCUT2D eigenvalue weighted by molar-refractivity contribution is 7.83. The van der Waals surface area contributed by atoms with E-state index in [9.17, 15) is 0 Å². The lowest BCUT2D eigenvalue weighted by atomic mass is 10.4. The highest BCUT2D eigenvalue weighted by atomic mass is 35.5. The monoisotopic (exact) mass is 179 g/mol. The molecule has 0 heterocycles. The topological polar surface area (TPSA) is 3.24 Å². The van der Waals surface area contributed by atoms with Gasteiger partial charge >= 0.3 is 0 Å². The SMILES string of the molecule is CCCN(CCC)C(=S)Cl. The zero-order valence-electron chi connectivity index (χ0n) is 6.56. The van der Waals surface area contributed by atoms with Crippen LogP contribution in [-0.4, -0.2) is 22.4 Å². The zero-order valence-corrected chi connectivity index (χ0v) is 8.13. The van der Waals surface area contributed by atoms with Gasteiger partial charge in [0.25, 0.3) is 0 Å². The van der Waals surface area contributed by atoms with E-state index in [0.29, 0.717) is 4.45 Å². The quantitative estimate of drug-likeness (QED) is 0.371. The minimum Gasteiger partial charge on any atom is -0.353 e. The van der Waals surface area contributed by atoms with Gasteiger partial charge in [0.2, 0.25) is 0 Å². The minimum absolute atomic E-state index is 0.503. The van der Waals surface area contributed by atoms with Crippen LogP contribution in [0.25, 0.3) is 0 Å². The number of thiocarbonyl (C=S) groups is 1. The van der Waals surface area contributed by atoms with E-state index in [1.807, 2.05) is 4.90 Å². The predicted molar refractivity (Wildman–Crippen MR) is 50.6 cm³/mol. The van der Waals surface area contributed by atoms with Gasteiger partial charge in [0.05, 0.1) is 0 Å². The van der Waals surface area contributed by atoms with Crippen molar-refractivity contribution in [1.82, 2.24) is 4.90 Å². The van der Waals surface area contributed by atoms with Gasteiger partial charge in [0, 0.05) is 13.1 Å². The van der Waals surface area contributed by atoms with Crippen molar-refractivity contribution in [2.24, 2.45) is 0 Å².